The molecule has 1 fully saturated rings. The highest BCUT2D eigenvalue weighted by Crippen LogP contribution is 2.25. The fourth-order valence-electron chi connectivity index (χ4n) is 2.67. The van der Waals surface area contributed by atoms with Gasteiger partial charge in [-0.25, -0.2) is 4.98 Å². The molecular weight excluding hydrogens is 270 g/mol. The third-order valence-electron chi connectivity index (χ3n) is 3.92. The van der Waals surface area contributed by atoms with Gasteiger partial charge in [0.05, 0.1) is 18.6 Å². The summed E-state index contributed by atoms with van der Waals surface area (Å²) in [5.74, 6) is -0.781. The Morgan fingerprint density at radius 3 is 2.76 bits per heavy atom. The lowest BCUT2D eigenvalue weighted by atomic mass is 9.89. The van der Waals surface area contributed by atoms with Crippen molar-refractivity contribution in [2.24, 2.45) is 5.73 Å². The van der Waals surface area contributed by atoms with E-state index in [9.17, 15) is 14.7 Å². The number of carbonyl (C=O) groups is 2. The monoisotopic (exact) mass is 291 g/mol. The van der Waals surface area contributed by atoms with Crippen LogP contribution in [0.15, 0.2) is 12.1 Å². The molecule has 1 aliphatic rings. The molecule has 1 aliphatic heterocycles. The highest BCUT2D eigenvalue weighted by Gasteiger charge is 2.37. The average Bonchev–Trinajstić information content (AvgIpc) is 2.39. The van der Waals surface area contributed by atoms with E-state index in [4.69, 9.17) is 5.73 Å². The normalized spacial score (nSPS) is 22.1. The minimum atomic E-state index is -1.22. The fraction of sp³-hybridized carbons (Fsp3) is 0.533. The van der Waals surface area contributed by atoms with Crippen molar-refractivity contribution in [2.45, 2.75) is 38.7 Å². The Morgan fingerprint density at radius 2 is 2.14 bits per heavy atom. The number of amides is 2. The largest absolute Gasteiger partial charge is 0.388 e. The number of β-amino-alcohol motifs (C(OH)–C–C–N with tert-alkyl or cyclic N) is 1. The molecule has 0 spiro atoms. The first-order valence-corrected chi connectivity index (χ1v) is 7.05. The Kier molecular flexibility index (Phi) is 4.27. The number of hydrogen-bond donors (Lipinski definition) is 2. The molecule has 3 N–H and O–H groups in total. The lowest BCUT2D eigenvalue weighted by Gasteiger charge is -2.38. The number of nitrogens with zero attached hydrogens (tertiary/aromatic N) is 2. The van der Waals surface area contributed by atoms with Crippen LogP contribution in [0.4, 0.5) is 0 Å². The van der Waals surface area contributed by atoms with Crippen molar-refractivity contribution in [3.8, 4) is 0 Å². The molecule has 2 heterocycles. The lowest BCUT2D eigenvalue weighted by molar-refractivity contribution is -0.125. The number of aromatic nitrogens is 1. The van der Waals surface area contributed by atoms with E-state index in [1.54, 1.807) is 11.0 Å². The van der Waals surface area contributed by atoms with Crippen LogP contribution >= 0.6 is 0 Å². The number of aryl methyl sites for hydroxylation is 2. The summed E-state index contributed by atoms with van der Waals surface area (Å²) in [6, 6.07) is 3.54. The van der Waals surface area contributed by atoms with Gasteiger partial charge in [-0.1, -0.05) is 6.07 Å². The molecule has 0 radical (unpaired) electrons. The van der Waals surface area contributed by atoms with Gasteiger partial charge in [0.1, 0.15) is 5.69 Å². The first kappa shape index (κ1) is 15.4. The maximum Gasteiger partial charge on any atom is 0.272 e. The standard InChI is InChI=1S/C15H21N3O3/c1-10-4-5-12(17-11(10)2)14(20)18-7-3-6-15(21,9-18)8-13(16)19/h4-5,21H,3,6-9H2,1-2H3,(H2,16,19). The molecule has 0 bridgehead atoms. The second kappa shape index (κ2) is 5.81. The summed E-state index contributed by atoms with van der Waals surface area (Å²) in [7, 11) is 0. The quantitative estimate of drug-likeness (QED) is 0.849. The molecule has 0 aromatic carbocycles. The molecule has 0 saturated carbocycles. The smallest absolute Gasteiger partial charge is 0.272 e. The molecule has 1 aromatic heterocycles. The van der Waals surface area contributed by atoms with Crippen molar-refractivity contribution in [2.75, 3.05) is 13.1 Å². The van der Waals surface area contributed by atoms with Gasteiger partial charge >= 0.3 is 0 Å². The summed E-state index contributed by atoms with van der Waals surface area (Å²) in [5.41, 5.74) is 6.14. The summed E-state index contributed by atoms with van der Waals surface area (Å²) in [6.07, 6.45) is 0.984. The van der Waals surface area contributed by atoms with Crippen LogP contribution in [0, 0.1) is 13.8 Å². The molecule has 1 aromatic rings. The van der Waals surface area contributed by atoms with Gasteiger partial charge in [0, 0.05) is 12.2 Å². The predicted octanol–water partition coefficient (Wildman–Crippen LogP) is 0.541. The van der Waals surface area contributed by atoms with Crippen LogP contribution in [0.25, 0.3) is 0 Å². The van der Waals surface area contributed by atoms with E-state index in [1.165, 1.54) is 0 Å². The third-order valence-corrected chi connectivity index (χ3v) is 3.92. The van der Waals surface area contributed by atoms with E-state index < -0.39 is 11.5 Å². The summed E-state index contributed by atoms with van der Waals surface area (Å²) >= 11 is 0. The maximum absolute atomic E-state index is 12.5. The van der Waals surface area contributed by atoms with Crippen LogP contribution in [0.3, 0.4) is 0 Å². The van der Waals surface area contributed by atoms with Gasteiger partial charge in [-0.15, -0.1) is 0 Å². The van der Waals surface area contributed by atoms with Gasteiger partial charge in [-0.05, 0) is 38.3 Å². The first-order chi connectivity index (χ1) is 9.81. The number of aliphatic hydroxyl groups is 1. The van der Waals surface area contributed by atoms with Crippen LogP contribution in [-0.2, 0) is 4.79 Å². The fourth-order valence-corrected chi connectivity index (χ4v) is 2.67. The van der Waals surface area contributed by atoms with Crippen molar-refractivity contribution in [3.05, 3.63) is 29.1 Å². The molecule has 21 heavy (non-hydrogen) atoms. The lowest BCUT2D eigenvalue weighted by Crippen LogP contribution is -2.52. The van der Waals surface area contributed by atoms with E-state index >= 15 is 0 Å². The number of rotatable bonds is 3. The van der Waals surface area contributed by atoms with Gasteiger partial charge in [0.2, 0.25) is 5.91 Å². The van der Waals surface area contributed by atoms with Crippen molar-refractivity contribution in [1.29, 1.82) is 0 Å². The van der Waals surface area contributed by atoms with E-state index in [2.05, 4.69) is 4.98 Å². The van der Waals surface area contributed by atoms with E-state index in [0.29, 0.717) is 25.1 Å². The zero-order chi connectivity index (χ0) is 15.6. The number of piperidine rings is 1. The van der Waals surface area contributed by atoms with Crippen LogP contribution < -0.4 is 5.73 Å². The van der Waals surface area contributed by atoms with Gasteiger partial charge in [-0.3, -0.25) is 9.59 Å². The average molecular weight is 291 g/mol. The summed E-state index contributed by atoms with van der Waals surface area (Å²) in [4.78, 5) is 29.4. The number of hydrogen-bond acceptors (Lipinski definition) is 4. The van der Waals surface area contributed by atoms with Crippen LogP contribution in [0.5, 0.6) is 0 Å². The summed E-state index contributed by atoms with van der Waals surface area (Å²) in [6.45, 7) is 4.45. The molecule has 6 heteroatoms. The van der Waals surface area contributed by atoms with Gasteiger partial charge in [0.15, 0.2) is 0 Å². The molecule has 0 aliphatic carbocycles. The Balaban J connectivity index is 2.15. The summed E-state index contributed by atoms with van der Waals surface area (Å²) < 4.78 is 0. The van der Waals surface area contributed by atoms with Gasteiger partial charge < -0.3 is 15.7 Å². The highest BCUT2D eigenvalue weighted by molar-refractivity contribution is 5.92. The maximum atomic E-state index is 12.5. The molecule has 2 rings (SSSR count). The first-order valence-electron chi connectivity index (χ1n) is 7.05. The van der Waals surface area contributed by atoms with Crippen molar-refractivity contribution in [1.82, 2.24) is 9.88 Å². The van der Waals surface area contributed by atoms with Crippen molar-refractivity contribution in [3.63, 3.8) is 0 Å². The molecule has 1 unspecified atom stereocenters. The van der Waals surface area contributed by atoms with Gasteiger partial charge in [-0.2, -0.15) is 0 Å². The van der Waals surface area contributed by atoms with E-state index in [0.717, 1.165) is 11.3 Å². The SMILES string of the molecule is Cc1ccc(C(=O)N2CCCC(O)(CC(N)=O)C2)nc1C. The number of likely N-dealkylation sites (tertiary alicyclic amines) is 1. The van der Waals surface area contributed by atoms with E-state index in [-0.39, 0.29) is 18.9 Å². The molecule has 1 saturated heterocycles. The molecule has 1 atom stereocenters. The molecular formula is C15H21N3O3. The minimum Gasteiger partial charge on any atom is -0.388 e. The van der Waals surface area contributed by atoms with Crippen LogP contribution in [0.2, 0.25) is 0 Å². The third kappa shape index (κ3) is 3.58. The number of pyridine rings is 1. The Labute approximate surface area is 124 Å². The Morgan fingerprint density at radius 1 is 1.43 bits per heavy atom. The Bertz CT molecular complexity index is 573. The number of primary amides is 1. The van der Waals surface area contributed by atoms with Crippen LogP contribution in [-0.4, -0.2) is 45.5 Å². The molecule has 114 valence electrons. The van der Waals surface area contributed by atoms with Crippen LogP contribution in [0.1, 0.15) is 41.0 Å². The van der Waals surface area contributed by atoms with Crippen molar-refractivity contribution < 1.29 is 14.7 Å². The number of carbonyl (C=O) groups excluding carboxylic acids is 2. The predicted molar refractivity (Wildman–Crippen MR) is 77.6 cm³/mol. The zero-order valence-corrected chi connectivity index (χ0v) is 12.4. The Hall–Kier alpha value is -1.95. The van der Waals surface area contributed by atoms with Crippen molar-refractivity contribution >= 4 is 11.8 Å². The topological polar surface area (TPSA) is 96.5 Å². The summed E-state index contributed by atoms with van der Waals surface area (Å²) in [5, 5.41) is 10.4. The second-order valence-electron chi connectivity index (χ2n) is 5.80. The van der Waals surface area contributed by atoms with Gasteiger partial charge in [0.25, 0.3) is 5.91 Å². The second-order valence-corrected chi connectivity index (χ2v) is 5.80. The molecule has 2 amide bonds. The zero-order valence-electron chi connectivity index (χ0n) is 12.4. The highest BCUT2D eigenvalue weighted by atomic mass is 16.3. The van der Waals surface area contributed by atoms with E-state index in [1.807, 2.05) is 19.9 Å². The molecule has 6 nitrogen and oxygen atoms in total. The minimum absolute atomic E-state index is 0.114. The number of nitrogens with two attached hydrogens (primary N) is 1.